The third kappa shape index (κ3) is 5.24. The van der Waals surface area contributed by atoms with Crippen LogP contribution in [0.3, 0.4) is 0 Å². The van der Waals surface area contributed by atoms with Crippen LogP contribution in [0.15, 0.2) is 0 Å². The highest BCUT2D eigenvalue weighted by atomic mass is 16.5. The van der Waals surface area contributed by atoms with E-state index in [4.69, 9.17) is 4.74 Å². The highest BCUT2D eigenvalue weighted by Crippen LogP contribution is 2.19. The maximum Gasteiger partial charge on any atom is 0.325 e. The van der Waals surface area contributed by atoms with E-state index in [0.29, 0.717) is 6.04 Å². The van der Waals surface area contributed by atoms with Crippen molar-refractivity contribution in [3.63, 3.8) is 0 Å². The normalized spacial score (nSPS) is 21.8. The van der Waals surface area contributed by atoms with Crippen LogP contribution < -0.4 is 5.32 Å². The van der Waals surface area contributed by atoms with E-state index in [1.807, 2.05) is 13.8 Å². The van der Waals surface area contributed by atoms with Gasteiger partial charge >= 0.3 is 5.97 Å². The van der Waals surface area contributed by atoms with Crippen molar-refractivity contribution in [3.05, 3.63) is 0 Å². The Balaban J connectivity index is 2.54. The standard InChI is InChI=1S/C16H33N3O2/c1-6-8-18-9-11-19(12-10-18)14(3)13-16(4,17-7-2)15(20)21-5/h14,17H,6-13H2,1-5H3. The minimum absolute atomic E-state index is 0.166. The number of rotatable bonds is 8. The highest BCUT2D eigenvalue weighted by molar-refractivity contribution is 5.80. The van der Waals surface area contributed by atoms with Gasteiger partial charge in [-0.15, -0.1) is 0 Å². The summed E-state index contributed by atoms with van der Waals surface area (Å²) in [4.78, 5) is 17.1. The fraction of sp³-hybridized carbons (Fsp3) is 0.938. The molecular formula is C16H33N3O2. The van der Waals surface area contributed by atoms with Crippen LogP contribution in [-0.2, 0) is 9.53 Å². The Labute approximate surface area is 130 Å². The van der Waals surface area contributed by atoms with Crippen molar-refractivity contribution in [1.29, 1.82) is 0 Å². The fourth-order valence-corrected chi connectivity index (χ4v) is 3.31. The van der Waals surface area contributed by atoms with Crippen molar-refractivity contribution in [2.45, 2.75) is 52.1 Å². The summed E-state index contributed by atoms with van der Waals surface area (Å²) in [5.74, 6) is -0.166. The minimum atomic E-state index is -0.594. The molecule has 0 spiro atoms. The first-order valence-corrected chi connectivity index (χ1v) is 8.26. The lowest BCUT2D eigenvalue weighted by molar-refractivity contribution is -0.148. The molecule has 0 aliphatic carbocycles. The first-order chi connectivity index (χ1) is 9.96. The number of hydrogen-bond acceptors (Lipinski definition) is 5. The van der Waals surface area contributed by atoms with E-state index >= 15 is 0 Å². The predicted octanol–water partition coefficient (Wildman–Crippen LogP) is 1.33. The van der Waals surface area contributed by atoms with Crippen molar-refractivity contribution in [2.24, 2.45) is 0 Å². The fourth-order valence-electron chi connectivity index (χ4n) is 3.31. The van der Waals surface area contributed by atoms with Gasteiger partial charge in [-0.2, -0.15) is 0 Å². The molecule has 1 saturated heterocycles. The molecule has 0 aromatic carbocycles. The summed E-state index contributed by atoms with van der Waals surface area (Å²) in [6.45, 7) is 14.8. The van der Waals surface area contributed by atoms with Gasteiger partial charge in [-0.25, -0.2) is 0 Å². The van der Waals surface area contributed by atoms with Crippen molar-refractivity contribution in [1.82, 2.24) is 15.1 Å². The summed E-state index contributed by atoms with van der Waals surface area (Å²) >= 11 is 0. The number of carbonyl (C=O) groups excluding carboxylic acids is 1. The van der Waals surface area contributed by atoms with E-state index in [1.165, 1.54) is 20.1 Å². The summed E-state index contributed by atoms with van der Waals surface area (Å²) in [6.07, 6.45) is 2.00. The summed E-state index contributed by atoms with van der Waals surface area (Å²) in [6, 6.07) is 0.372. The number of nitrogens with one attached hydrogen (secondary N) is 1. The van der Waals surface area contributed by atoms with E-state index in [9.17, 15) is 4.79 Å². The average molecular weight is 299 g/mol. The van der Waals surface area contributed by atoms with Gasteiger partial charge in [0.1, 0.15) is 5.54 Å². The van der Waals surface area contributed by atoms with Gasteiger partial charge in [0.05, 0.1) is 7.11 Å². The zero-order chi connectivity index (χ0) is 15.9. The Morgan fingerprint density at radius 3 is 2.38 bits per heavy atom. The molecule has 0 amide bonds. The summed E-state index contributed by atoms with van der Waals surface area (Å²) in [5, 5.41) is 3.30. The maximum atomic E-state index is 12.1. The molecule has 0 bridgehead atoms. The zero-order valence-corrected chi connectivity index (χ0v) is 14.4. The molecule has 1 rings (SSSR count). The number of nitrogens with zero attached hydrogens (tertiary/aromatic N) is 2. The lowest BCUT2D eigenvalue weighted by Crippen LogP contribution is -2.56. The average Bonchev–Trinajstić information content (AvgIpc) is 2.47. The Hall–Kier alpha value is -0.650. The summed E-state index contributed by atoms with van der Waals surface area (Å²) in [5.41, 5.74) is -0.594. The molecule has 0 saturated carbocycles. The predicted molar refractivity (Wildman–Crippen MR) is 86.5 cm³/mol. The number of piperazine rings is 1. The van der Waals surface area contributed by atoms with Gasteiger partial charge in [0.2, 0.25) is 0 Å². The van der Waals surface area contributed by atoms with Gasteiger partial charge in [-0.1, -0.05) is 13.8 Å². The second-order valence-electron chi connectivity index (χ2n) is 6.28. The maximum absolute atomic E-state index is 12.1. The molecular weight excluding hydrogens is 266 g/mol. The lowest BCUT2D eigenvalue weighted by atomic mass is 9.92. The molecule has 0 aromatic heterocycles. The topological polar surface area (TPSA) is 44.8 Å². The molecule has 0 aromatic rings. The van der Waals surface area contributed by atoms with Gasteiger partial charge in [0.25, 0.3) is 0 Å². The SMILES string of the molecule is CCCN1CCN(C(C)CC(C)(NCC)C(=O)OC)CC1. The first kappa shape index (κ1) is 18.4. The van der Waals surface area contributed by atoms with Crippen molar-refractivity contribution < 1.29 is 9.53 Å². The Kier molecular flexibility index (Phi) is 7.63. The lowest BCUT2D eigenvalue weighted by Gasteiger charge is -2.40. The van der Waals surface area contributed by atoms with Crippen LogP contribution in [0.1, 0.15) is 40.5 Å². The van der Waals surface area contributed by atoms with Crippen LogP contribution in [0.25, 0.3) is 0 Å². The Morgan fingerprint density at radius 2 is 1.90 bits per heavy atom. The van der Waals surface area contributed by atoms with Crippen LogP contribution in [0, 0.1) is 0 Å². The number of methoxy groups -OCH3 is 1. The van der Waals surface area contributed by atoms with Gasteiger partial charge in [-0.05, 0) is 39.8 Å². The van der Waals surface area contributed by atoms with Crippen LogP contribution in [0.5, 0.6) is 0 Å². The second kappa shape index (κ2) is 8.71. The van der Waals surface area contributed by atoms with E-state index in [0.717, 1.165) is 39.1 Å². The smallest absolute Gasteiger partial charge is 0.325 e. The molecule has 1 N–H and O–H groups in total. The van der Waals surface area contributed by atoms with Crippen molar-refractivity contribution in [2.75, 3.05) is 46.4 Å². The third-order valence-electron chi connectivity index (χ3n) is 4.48. The van der Waals surface area contributed by atoms with E-state index in [1.54, 1.807) is 0 Å². The Morgan fingerprint density at radius 1 is 1.29 bits per heavy atom. The highest BCUT2D eigenvalue weighted by Gasteiger charge is 2.36. The molecule has 124 valence electrons. The van der Waals surface area contributed by atoms with Gasteiger partial charge in [-0.3, -0.25) is 9.69 Å². The van der Waals surface area contributed by atoms with Crippen LogP contribution in [0.2, 0.25) is 0 Å². The largest absolute Gasteiger partial charge is 0.468 e. The van der Waals surface area contributed by atoms with Gasteiger partial charge in [0.15, 0.2) is 0 Å². The number of likely N-dealkylation sites (N-methyl/N-ethyl adjacent to an activating group) is 1. The summed E-state index contributed by atoms with van der Waals surface area (Å²) < 4.78 is 4.98. The minimum Gasteiger partial charge on any atom is -0.468 e. The molecule has 1 aliphatic rings. The molecule has 1 fully saturated rings. The van der Waals surface area contributed by atoms with Crippen LogP contribution in [-0.4, -0.2) is 73.7 Å². The third-order valence-corrected chi connectivity index (χ3v) is 4.48. The van der Waals surface area contributed by atoms with E-state index in [-0.39, 0.29) is 5.97 Å². The van der Waals surface area contributed by atoms with Crippen LogP contribution >= 0.6 is 0 Å². The molecule has 2 atom stereocenters. The van der Waals surface area contributed by atoms with Crippen LogP contribution in [0.4, 0.5) is 0 Å². The zero-order valence-electron chi connectivity index (χ0n) is 14.4. The van der Waals surface area contributed by atoms with Gasteiger partial charge in [0, 0.05) is 32.2 Å². The summed E-state index contributed by atoms with van der Waals surface area (Å²) in [7, 11) is 1.46. The molecule has 21 heavy (non-hydrogen) atoms. The first-order valence-electron chi connectivity index (χ1n) is 8.26. The van der Waals surface area contributed by atoms with Crippen molar-refractivity contribution >= 4 is 5.97 Å². The van der Waals surface area contributed by atoms with E-state index in [2.05, 4.69) is 29.0 Å². The van der Waals surface area contributed by atoms with Crippen molar-refractivity contribution in [3.8, 4) is 0 Å². The van der Waals surface area contributed by atoms with Gasteiger partial charge < -0.3 is 15.0 Å². The molecule has 1 heterocycles. The molecule has 1 aliphatic heterocycles. The van der Waals surface area contributed by atoms with E-state index < -0.39 is 5.54 Å². The molecule has 5 nitrogen and oxygen atoms in total. The molecule has 2 unspecified atom stereocenters. The monoisotopic (exact) mass is 299 g/mol. The molecule has 5 heteroatoms. The number of carbonyl (C=O) groups is 1. The Bertz CT molecular complexity index is 317. The number of hydrogen-bond donors (Lipinski definition) is 1. The number of ether oxygens (including phenoxy) is 1. The second-order valence-corrected chi connectivity index (χ2v) is 6.28. The number of esters is 1. The quantitative estimate of drug-likeness (QED) is 0.685. The molecule has 0 radical (unpaired) electrons.